The minimum atomic E-state index is -0.194. The number of aromatic nitrogens is 1. The van der Waals surface area contributed by atoms with E-state index in [-0.39, 0.29) is 18.4 Å². The monoisotopic (exact) mass is 352 g/mol. The summed E-state index contributed by atoms with van der Waals surface area (Å²) in [4.78, 5) is 32.1. The van der Waals surface area contributed by atoms with Gasteiger partial charge in [0.25, 0.3) is 0 Å². The molecule has 1 N–H and O–H groups in total. The number of pyridine rings is 1. The zero-order chi connectivity index (χ0) is 18.4. The topological polar surface area (TPSA) is 65.5 Å². The molecule has 0 radical (unpaired) electrons. The Labute approximate surface area is 153 Å². The van der Waals surface area contributed by atoms with Gasteiger partial charge in [-0.1, -0.05) is 0 Å². The molecule has 0 bridgehead atoms. The summed E-state index contributed by atoms with van der Waals surface area (Å²) in [5.41, 5.74) is 2.87. The Kier molecular flexibility index (Phi) is 5.84. The van der Waals surface area contributed by atoms with Crippen LogP contribution >= 0.6 is 0 Å². The minimum absolute atomic E-state index is 0.00345. The molecular formula is C20H24N4O2. The Hall–Kier alpha value is -2.89. The number of hydrogen-bond donors (Lipinski definition) is 1. The maximum Gasteiger partial charge on any atom is 0.240 e. The van der Waals surface area contributed by atoms with E-state index in [4.69, 9.17) is 0 Å². The Balaban J connectivity index is 1.61. The molecule has 26 heavy (non-hydrogen) atoms. The van der Waals surface area contributed by atoms with E-state index in [1.807, 2.05) is 36.4 Å². The third-order valence-electron chi connectivity index (χ3n) is 4.55. The SMILES string of the molecule is CC(=O)N(CC(=O)NCc1ccncc1)c1ccc(N2CCCC2)cc1. The van der Waals surface area contributed by atoms with Gasteiger partial charge in [-0.05, 0) is 54.8 Å². The van der Waals surface area contributed by atoms with Crippen LogP contribution in [0, 0.1) is 0 Å². The molecule has 0 unspecified atom stereocenters. The van der Waals surface area contributed by atoms with Gasteiger partial charge < -0.3 is 15.1 Å². The van der Waals surface area contributed by atoms with Gasteiger partial charge in [-0.2, -0.15) is 0 Å². The number of nitrogens with one attached hydrogen (secondary N) is 1. The first-order valence-electron chi connectivity index (χ1n) is 8.92. The van der Waals surface area contributed by atoms with Gasteiger partial charge in [-0.25, -0.2) is 0 Å². The van der Waals surface area contributed by atoms with Gasteiger partial charge in [0.1, 0.15) is 6.54 Å². The number of carbonyl (C=O) groups excluding carboxylic acids is 2. The quantitative estimate of drug-likeness (QED) is 0.867. The lowest BCUT2D eigenvalue weighted by Gasteiger charge is -2.23. The molecule has 0 aliphatic carbocycles. The van der Waals surface area contributed by atoms with Crippen LogP contribution in [-0.4, -0.2) is 36.4 Å². The number of rotatable bonds is 6. The number of hydrogen-bond acceptors (Lipinski definition) is 4. The van der Waals surface area contributed by atoms with Crippen LogP contribution in [0.3, 0.4) is 0 Å². The van der Waals surface area contributed by atoms with E-state index in [2.05, 4.69) is 15.2 Å². The van der Waals surface area contributed by atoms with E-state index in [9.17, 15) is 9.59 Å². The van der Waals surface area contributed by atoms with E-state index >= 15 is 0 Å². The average molecular weight is 352 g/mol. The van der Waals surface area contributed by atoms with Crippen molar-refractivity contribution < 1.29 is 9.59 Å². The van der Waals surface area contributed by atoms with Crippen molar-refractivity contribution in [3.8, 4) is 0 Å². The van der Waals surface area contributed by atoms with Crippen molar-refractivity contribution in [2.45, 2.75) is 26.3 Å². The Morgan fingerprint density at radius 2 is 1.73 bits per heavy atom. The van der Waals surface area contributed by atoms with Crippen LogP contribution in [0.25, 0.3) is 0 Å². The number of amides is 2. The first-order chi connectivity index (χ1) is 12.6. The molecule has 0 atom stereocenters. The van der Waals surface area contributed by atoms with Crippen molar-refractivity contribution in [2.75, 3.05) is 29.4 Å². The predicted molar refractivity (Wildman–Crippen MR) is 102 cm³/mol. The zero-order valence-electron chi connectivity index (χ0n) is 15.0. The van der Waals surface area contributed by atoms with Crippen LogP contribution in [0.4, 0.5) is 11.4 Å². The van der Waals surface area contributed by atoms with Crippen molar-refractivity contribution in [1.82, 2.24) is 10.3 Å². The summed E-state index contributed by atoms with van der Waals surface area (Å²) in [6.07, 6.45) is 5.81. The second kappa shape index (κ2) is 8.47. The normalized spacial score (nSPS) is 13.5. The Morgan fingerprint density at radius 3 is 2.35 bits per heavy atom. The summed E-state index contributed by atoms with van der Waals surface area (Å²) in [6, 6.07) is 11.5. The fourth-order valence-corrected chi connectivity index (χ4v) is 3.10. The van der Waals surface area contributed by atoms with E-state index in [0.717, 1.165) is 30.0 Å². The lowest BCUT2D eigenvalue weighted by Crippen LogP contribution is -2.39. The first kappa shape index (κ1) is 17.9. The summed E-state index contributed by atoms with van der Waals surface area (Å²) in [5.74, 6) is -0.349. The van der Waals surface area contributed by atoms with Crippen LogP contribution in [0.2, 0.25) is 0 Å². The van der Waals surface area contributed by atoms with Crippen molar-refractivity contribution in [2.24, 2.45) is 0 Å². The molecule has 1 aliphatic heterocycles. The first-order valence-corrected chi connectivity index (χ1v) is 8.92. The summed E-state index contributed by atoms with van der Waals surface area (Å²) >= 11 is 0. The molecule has 0 saturated carbocycles. The smallest absolute Gasteiger partial charge is 0.240 e. The van der Waals surface area contributed by atoms with E-state index < -0.39 is 0 Å². The second-order valence-electron chi connectivity index (χ2n) is 6.45. The molecule has 0 spiro atoms. The van der Waals surface area contributed by atoms with E-state index in [0.29, 0.717) is 6.54 Å². The zero-order valence-corrected chi connectivity index (χ0v) is 15.0. The van der Waals surface area contributed by atoms with Crippen LogP contribution in [0.5, 0.6) is 0 Å². The van der Waals surface area contributed by atoms with Crippen LogP contribution in [0.15, 0.2) is 48.8 Å². The molecule has 2 aromatic rings. The lowest BCUT2D eigenvalue weighted by molar-refractivity contribution is -0.123. The molecule has 6 heteroatoms. The van der Waals surface area contributed by atoms with Crippen molar-refractivity contribution in [3.05, 3.63) is 54.4 Å². The fraction of sp³-hybridized carbons (Fsp3) is 0.350. The molecule has 1 aromatic heterocycles. The van der Waals surface area contributed by atoms with Crippen LogP contribution < -0.4 is 15.1 Å². The van der Waals surface area contributed by atoms with E-state index in [1.54, 1.807) is 12.4 Å². The second-order valence-corrected chi connectivity index (χ2v) is 6.45. The summed E-state index contributed by atoms with van der Waals surface area (Å²) in [5, 5.41) is 2.84. The largest absolute Gasteiger partial charge is 0.372 e. The highest BCUT2D eigenvalue weighted by Gasteiger charge is 2.17. The highest BCUT2D eigenvalue weighted by Crippen LogP contribution is 2.24. The van der Waals surface area contributed by atoms with Crippen LogP contribution in [-0.2, 0) is 16.1 Å². The third-order valence-corrected chi connectivity index (χ3v) is 4.55. The van der Waals surface area contributed by atoms with Gasteiger partial charge in [-0.3, -0.25) is 14.6 Å². The van der Waals surface area contributed by atoms with Crippen molar-refractivity contribution >= 4 is 23.2 Å². The lowest BCUT2D eigenvalue weighted by atomic mass is 10.2. The number of benzene rings is 1. The predicted octanol–water partition coefficient (Wildman–Crippen LogP) is 2.35. The maximum atomic E-state index is 12.3. The van der Waals surface area contributed by atoms with Gasteiger partial charge >= 0.3 is 0 Å². The highest BCUT2D eigenvalue weighted by molar-refractivity contribution is 5.97. The molecule has 1 aliphatic rings. The van der Waals surface area contributed by atoms with Gasteiger partial charge in [0, 0.05) is 50.3 Å². The molecular weight excluding hydrogens is 328 g/mol. The molecule has 2 amide bonds. The van der Waals surface area contributed by atoms with Crippen molar-refractivity contribution in [3.63, 3.8) is 0 Å². The third kappa shape index (κ3) is 4.59. The Morgan fingerprint density at radius 1 is 1.08 bits per heavy atom. The van der Waals surface area contributed by atoms with Gasteiger partial charge in [0.15, 0.2) is 0 Å². The molecule has 1 fully saturated rings. The van der Waals surface area contributed by atoms with Gasteiger partial charge in [0.05, 0.1) is 0 Å². The fourth-order valence-electron chi connectivity index (χ4n) is 3.10. The highest BCUT2D eigenvalue weighted by atomic mass is 16.2. The summed E-state index contributed by atoms with van der Waals surface area (Å²) < 4.78 is 0. The van der Waals surface area contributed by atoms with Gasteiger partial charge in [0.2, 0.25) is 11.8 Å². The average Bonchev–Trinajstić information content (AvgIpc) is 3.20. The van der Waals surface area contributed by atoms with Crippen molar-refractivity contribution in [1.29, 1.82) is 0 Å². The number of carbonyl (C=O) groups is 2. The van der Waals surface area contributed by atoms with Gasteiger partial charge in [-0.15, -0.1) is 0 Å². The Bertz CT molecular complexity index is 740. The van der Waals surface area contributed by atoms with E-state index in [1.165, 1.54) is 24.7 Å². The summed E-state index contributed by atoms with van der Waals surface area (Å²) in [7, 11) is 0. The molecule has 136 valence electrons. The van der Waals surface area contributed by atoms with Crippen LogP contribution in [0.1, 0.15) is 25.3 Å². The molecule has 3 rings (SSSR count). The standard InChI is InChI=1S/C20H24N4O2/c1-16(25)24(15-20(26)22-14-17-8-10-21-11-9-17)19-6-4-18(5-7-19)23-12-2-3-13-23/h4-11H,2-3,12-15H2,1H3,(H,22,26). The minimum Gasteiger partial charge on any atom is -0.372 e. The molecule has 6 nitrogen and oxygen atoms in total. The number of anilines is 2. The summed E-state index contributed by atoms with van der Waals surface area (Å²) in [6.45, 7) is 4.05. The number of nitrogens with zero attached hydrogens (tertiary/aromatic N) is 3. The molecule has 2 heterocycles. The molecule has 1 saturated heterocycles. The molecule has 1 aromatic carbocycles. The maximum absolute atomic E-state index is 12.3.